The molecule has 1 aliphatic heterocycles. The number of hydrogen-bond donors (Lipinski definition) is 1. The third-order valence-electron chi connectivity index (χ3n) is 8.06. The molecular weight excluding hydrogens is 496 g/mol. The third kappa shape index (κ3) is 8.97. The Morgan fingerprint density at radius 2 is 1.23 bits per heavy atom. The molecule has 1 N–H and O–H groups in total. The zero-order chi connectivity index (χ0) is 28.7. The van der Waals surface area contributed by atoms with E-state index >= 15 is 0 Å². The number of amides is 1. The van der Waals surface area contributed by atoms with Crippen molar-refractivity contribution in [3.63, 3.8) is 0 Å². The Morgan fingerprint density at radius 1 is 0.725 bits per heavy atom. The molecule has 0 spiro atoms. The van der Waals surface area contributed by atoms with Crippen LogP contribution in [0.15, 0.2) is 60.2 Å². The molecule has 218 valence electrons. The van der Waals surface area contributed by atoms with E-state index in [2.05, 4.69) is 6.92 Å². The van der Waals surface area contributed by atoms with E-state index in [0.717, 1.165) is 30.5 Å². The summed E-state index contributed by atoms with van der Waals surface area (Å²) in [7, 11) is 3.96. The molecule has 40 heavy (non-hydrogen) atoms. The van der Waals surface area contributed by atoms with Gasteiger partial charge in [-0.15, -0.1) is 0 Å². The van der Waals surface area contributed by atoms with Gasteiger partial charge in [-0.25, -0.2) is 0 Å². The third-order valence-corrected chi connectivity index (χ3v) is 8.06. The van der Waals surface area contributed by atoms with Crippen LogP contribution in [0.3, 0.4) is 0 Å². The predicted molar refractivity (Wildman–Crippen MR) is 167 cm³/mol. The van der Waals surface area contributed by atoms with Gasteiger partial charge in [0.2, 0.25) is 0 Å². The minimum Gasteiger partial charge on any atom is -0.507 e. The number of likely N-dealkylation sites (tertiary alicyclic amines) is 1. The quantitative estimate of drug-likeness (QED) is 0.0879. The molecule has 2 aromatic carbocycles. The van der Waals surface area contributed by atoms with E-state index in [1.54, 1.807) is 17.0 Å². The van der Waals surface area contributed by atoms with Crippen molar-refractivity contribution in [3.05, 3.63) is 71.3 Å². The smallest absolute Gasteiger partial charge is 0.295 e. The second-order valence-corrected chi connectivity index (χ2v) is 11.4. The van der Waals surface area contributed by atoms with E-state index in [9.17, 15) is 14.7 Å². The second-order valence-electron chi connectivity index (χ2n) is 11.4. The maximum atomic E-state index is 13.2. The number of unbranched alkanes of at least 4 members (excludes halogenated alkanes) is 13. The number of Topliss-reactive ketones (excluding diaryl/α,β-unsaturated/α-hetero) is 1. The summed E-state index contributed by atoms with van der Waals surface area (Å²) < 4.78 is 0. The number of anilines is 1. The van der Waals surface area contributed by atoms with Gasteiger partial charge in [0.1, 0.15) is 5.76 Å². The minimum absolute atomic E-state index is 0.107. The van der Waals surface area contributed by atoms with Crippen LogP contribution in [0.2, 0.25) is 0 Å². The molecule has 2 aromatic rings. The van der Waals surface area contributed by atoms with Crippen molar-refractivity contribution < 1.29 is 14.7 Å². The summed E-state index contributed by atoms with van der Waals surface area (Å²) in [6, 6.07) is 16.4. The maximum Gasteiger partial charge on any atom is 0.295 e. The van der Waals surface area contributed by atoms with Crippen LogP contribution in [0.1, 0.15) is 114 Å². The van der Waals surface area contributed by atoms with Crippen LogP contribution in [0.5, 0.6) is 0 Å². The maximum absolute atomic E-state index is 13.2. The molecule has 1 atom stereocenters. The van der Waals surface area contributed by atoms with Crippen molar-refractivity contribution in [2.45, 2.75) is 103 Å². The topological polar surface area (TPSA) is 60.9 Å². The lowest BCUT2D eigenvalue weighted by molar-refractivity contribution is -0.139. The van der Waals surface area contributed by atoms with Gasteiger partial charge in [-0.2, -0.15) is 0 Å². The highest BCUT2D eigenvalue weighted by Crippen LogP contribution is 2.40. The van der Waals surface area contributed by atoms with Crippen molar-refractivity contribution in [2.75, 3.05) is 25.5 Å². The highest BCUT2D eigenvalue weighted by Gasteiger charge is 2.45. The summed E-state index contributed by atoms with van der Waals surface area (Å²) in [5, 5.41) is 11.2. The monoisotopic (exact) mass is 546 g/mol. The molecule has 1 heterocycles. The lowest BCUT2D eigenvalue weighted by Crippen LogP contribution is -2.30. The van der Waals surface area contributed by atoms with Crippen molar-refractivity contribution >= 4 is 23.1 Å². The predicted octanol–water partition coefficient (Wildman–Crippen LogP) is 8.66. The Morgan fingerprint density at radius 3 is 1.73 bits per heavy atom. The molecule has 1 aliphatic rings. The highest BCUT2D eigenvalue weighted by molar-refractivity contribution is 6.46. The molecule has 0 unspecified atom stereocenters. The molecule has 0 saturated carbocycles. The molecule has 1 amide bonds. The Hall–Kier alpha value is -3.08. The van der Waals surface area contributed by atoms with E-state index in [-0.39, 0.29) is 11.3 Å². The molecule has 1 saturated heterocycles. The van der Waals surface area contributed by atoms with Crippen LogP contribution in [-0.2, 0) is 9.59 Å². The fourth-order valence-corrected chi connectivity index (χ4v) is 5.64. The zero-order valence-electron chi connectivity index (χ0n) is 25.0. The first-order valence-electron chi connectivity index (χ1n) is 15.6. The van der Waals surface area contributed by atoms with Crippen LogP contribution in [0.4, 0.5) is 5.69 Å². The summed E-state index contributed by atoms with van der Waals surface area (Å²) in [6.45, 7) is 2.77. The fourth-order valence-electron chi connectivity index (χ4n) is 5.64. The van der Waals surface area contributed by atoms with E-state index in [0.29, 0.717) is 12.1 Å². The normalized spacial score (nSPS) is 16.6. The van der Waals surface area contributed by atoms with E-state index in [1.807, 2.05) is 61.5 Å². The van der Waals surface area contributed by atoms with Gasteiger partial charge >= 0.3 is 0 Å². The number of hydrogen-bond acceptors (Lipinski definition) is 4. The summed E-state index contributed by atoms with van der Waals surface area (Å²) in [6.07, 6.45) is 17.8. The zero-order valence-corrected chi connectivity index (χ0v) is 25.0. The van der Waals surface area contributed by atoms with Crippen molar-refractivity contribution in [1.82, 2.24) is 4.90 Å². The van der Waals surface area contributed by atoms with Crippen LogP contribution >= 0.6 is 0 Å². The fraction of sp³-hybridized carbons (Fsp3) is 0.543. The van der Waals surface area contributed by atoms with Crippen molar-refractivity contribution in [2.24, 2.45) is 0 Å². The molecule has 0 aromatic heterocycles. The first kappa shape index (κ1) is 31.4. The van der Waals surface area contributed by atoms with Crippen LogP contribution < -0.4 is 4.90 Å². The van der Waals surface area contributed by atoms with E-state index in [1.165, 1.54) is 70.6 Å². The molecule has 0 aliphatic carbocycles. The molecule has 3 rings (SSSR count). The average molecular weight is 547 g/mol. The van der Waals surface area contributed by atoms with Gasteiger partial charge in [0.05, 0.1) is 11.6 Å². The first-order chi connectivity index (χ1) is 19.5. The molecule has 5 heteroatoms. The summed E-state index contributed by atoms with van der Waals surface area (Å²) in [5.74, 6) is -1.23. The summed E-state index contributed by atoms with van der Waals surface area (Å²) in [4.78, 5) is 30.1. The number of benzene rings is 2. The van der Waals surface area contributed by atoms with Gasteiger partial charge in [-0.05, 0) is 24.1 Å². The Bertz CT molecular complexity index is 1080. The molecule has 0 bridgehead atoms. The lowest BCUT2D eigenvalue weighted by Gasteiger charge is -2.26. The van der Waals surface area contributed by atoms with E-state index in [4.69, 9.17) is 0 Å². The average Bonchev–Trinajstić information content (AvgIpc) is 3.22. The van der Waals surface area contributed by atoms with Crippen LogP contribution in [0.25, 0.3) is 5.76 Å². The van der Waals surface area contributed by atoms with Crippen molar-refractivity contribution in [1.29, 1.82) is 0 Å². The molecule has 1 fully saturated rings. The Kier molecular flexibility index (Phi) is 13.3. The molecule has 5 nitrogen and oxygen atoms in total. The van der Waals surface area contributed by atoms with Gasteiger partial charge in [0.25, 0.3) is 11.7 Å². The molecular formula is C35H50N2O3. The van der Waals surface area contributed by atoms with E-state index < -0.39 is 17.7 Å². The van der Waals surface area contributed by atoms with Crippen LogP contribution in [-0.4, -0.2) is 42.3 Å². The second kappa shape index (κ2) is 16.9. The SMILES string of the molecule is CCCCCCCCCCCCCCCCN1C(=O)C(=O)C(=C(O)c2ccccc2)[C@@H]1c1ccc(N(C)C)cc1. The number of rotatable bonds is 18. The largest absolute Gasteiger partial charge is 0.507 e. The Labute approximate surface area is 242 Å². The van der Waals surface area contributed by atoms with Crippen molar-refractivity contribution in [3.8, 4) is 0 Å². The van der Waals surface area contributed by atoms with Gasteiger partial charge in [0, 0.05) is 31.9 Å². The number of carbonyl (C=O) groups is 2. The van der Waals surface area contributed by atoms with Gasteiger partial charge in [-0.1, -0.05) is 133 Å². The van der Waals surface area contributed by atoms with Gasteiger partial charge < -0.3 is 14.9 Å². The van der Waals surface area contributed by atoms with Crippen LogP contribution in [0, 0.1) is 0 Å². The van der Waals surface area contributed by atoms with Gasteiger partial charge in [0.15, 0.2) is 0 Å². The Balaban J connectivity index is 1.55. The summed E-state index contributed by atoms with van der Waals surface area (Å²) in [5.41, 5.74) is 2.61. The lowest BCUT2D eigenvalue weighted by atomic mass is 9.95. The number of aliphatic hydroxyl groups is 1. The van der Waals surface area contributed by atoms with Gasteiger partial charge in [-0.3, -0.25) is 9.59 Å². The number of aliphatic hydroxyl groups excluding tert-OH is 1. The number of ketones is 1. The highest BCUT2D eigenvalue weighted by atomic mass is 16.3. The minimum atomic E-state index is -0.603. The molecule has 0 radical (unpaired) electrons. The number of carbonyl (C=O) groups excluding carboxylic acids is 2. The number of nitrogens with zero attached hydrogens (tertiary/aromatic N) is 2. The standard InChI is InChI=1S/C35H50N2O3/c1-4-5-6-7-8-9-10-11-12-13-14-15-16-20-27-37-32(28-23-25-30(26-24-28)36(2)3)31(34(39)35(37)40)33(38)29-21-18-17-19-22-29/h17-19,21-26,32,38H,4-16,20,27H2,1-3H3/t32-/m0/s1. The first-order valence-corrected chi connectivity index (χ1v) is 15.6. The summed E-state index contributed by atoms with van der Waals surface area (Å²) >= 11 is 0.